The van der Waals surface area contributed by atoms with Gasteiger partial charge in [0.1, 0.15) is 5.60 Å². The minimum atomic E-state index is -0.415. The molecule has 1 amide bonds. The van der Waals surface area contributed by atoms with Crippen molar-refractivity contribution in [2.24, 2.45) is 0 Å². The van der Waals surface area contributed by atoms with Crippen LogP contribution in [0.2, 0.25) is 0 Å². The molecule has 5 heteroatoms. The highest BCUT2D eigenvalue weighted by Gasteiger charge is 2.15. The third-order valence-electron chi connectivity index (χ3n) is 1.67. The van der Waals surface area contributed by atoms with Crippen molar-refractivity contribution in [3.8, 4) is 0 Å². The largest absolute Gasteiger partial charge is 0.460 e. The summed E-state index contributed by atoms with van der Waals surface area (Å²) in [6.07, 6.45) is 1.93. The summed E-state index contributed by atoms with van der Waals surface area (Å²) in [5, 5.41) is 3.03. The summed E-state index contributed by atoms with van der Waals surface area (Å²) in [5.74, 6) is -0.211. The number of hydrogen-bond acceptors (Lipinski definition) is 3. The number of halogens is 1. The second-order valence-corrected chi connectivity index (χ2v) is 5.09. The quantitative estimate of drug-likeness (QED) is 0.463. The lowest BCUT2D eigenvalue weighted by Gasteiger charge is -2.19. The second-order valence-electron chi connectivity index (χ2n) is 4.53. The lowest BCUT2D eigenvalue weighted by molar-refractivity contribution is -0.154. The van der Waals surface area contributed by atoms with Crippen LogP contribution in [0.15, 0.2) is 0 Å². The van der Waals surface area contributed by atoms with Crippen LogP contribution >= 0.6 is 15.9 Å². The van der Waals surface area contributed by atoms with E-state index in [1.807, 2.05) is 20.8 Å². The first-order valence-corrected chi connectivity index (χ1v) is 6.52. The van der Waals surface area contributed by atoms with Gasteiger partial charge in [-0.15, -0.1) is 0 Å². The topological polar surface area (TPSA) is 55.4 Å². The van der Waals surface area contributed by atoms with Crippen LogP contribution in [0, 0.1) is 0 Å². The van der Waals surface area contributed by atoms with Crippen LogP contribution in [0.4, 0.5) is 0 Å². The maximum atomic E-state index is 11.3. The molecule has 0 aliphatic carbocycles. The average Bonchev–Trinajstić information content (AvgIpc) is 2.14. The van der Waals surface area contributed by atoms with Crippen LogP contribution in [0.25, 0.3) is 0 Å². The number of alkyl halides is 1. The molecule has 0 aromatic rings. The van der Waals surface area contributed by atoms with Gasteiger partial charge in [0.15, 0.2) is 0 Å². The molecular formula is C11H20BrNO3. The Kier molecular flexibility index (Phi) is 7.38. The van der Waals surface area contributed by atoms with Gasteiger partial charge in [-0.1, -0.05) is 15.9 Å². The normalized spacial score (nSPS) is 11.0. The molecular weight excluding hydrogens is 274 g/mol. The number of ether oxygens (including phenoxy) is 1. The summed E-state index contributed by atoms with van der Waals surface area (Å²) in [5.41, 5.74) is -0.415. The smallest absolute Gasteiger partial charge is 0.306 e. The summed E-state index contributed by atoms with van der Waals surface area (Å²) in [7, 11) is 0. The van der Waals surface area contributed by atoms with E-state index in [4.69, 9.17) is 4.74 Å². The molecule has 0 heterocycles. The first kappa shape index (κ1) is 15.4. The number of nitrogens with one attached hydrogen (secondary N) is 1. The lowest BCUT2D eigenvalue weighted by Crippen LogP contribution is -2.26. The maximum absolute atomic E-state index is 11.3. The Morgan fingerprint density at radius 1 is 1.25 bits per heavy atom. The highest BCUT2D eigenvalue weighted by Crippen LogP contribution is 2.09. The number of carbonyl (C=O) groups is 2. The molecule has 0 unspecified atom stereocenters. The Labute approximate surface area is 105 Å². The number of unbranched alkanes of at least 4 members (excludes halogenated alkanes) is 1. The number of hydrogen-bond donors (Lipinski definition) is 1. The molecule has 0 aliphatic heterocycles. The summed E-state index contributed by atoms with van der Waals surface area (Å²) in [4.78, 5) is 22.1. The van der Waals surface area contributed by atoms with E-state index >= 15 is 0 Å². The Balaban J connectivity index is 3.45. The number of rotatable bonds is 6. The van der Waals surface area contributed by atoms with Gasteiger partial charge >= 0.3 is 5.97 Å². The van der Waals surface area contributed by atoms with E-state index < -0.39 is 5.60 Å². The van der Waals surface area contributed by atoms with E-state index in [0.717, 1.165) is 12.8 Å². The average molecular weight is 294 g/mol. The molecule has 0 atom stereocenters. The fourth-order valence-corrected chi connectivity index (χ4v) is 1.26. The van der Waals surface area contributed by atoms with Gasteiger partial charge in [0, 0.05) is 13.0 Å². The van der Waals surface area contributed by atoms with Crippen molar-refractivity contribution in [2.75, 3.05) is 11.9 Å². The molecule has 0 saturated carbocycles. The summed E-state index contributed by atoms with van der Waals surface area (Å²) in [6, 6.07) is 0. The van der Waals surface area contributed by atoms with Crippen LogP contribution in [0.1, 0.15) is 40.0 Å². The maximum Gasteiger partial charge on any atom is 0.306 e. The van der Waals surface area contributed by atoms with Crippen LogP contribution in [0.5, 0.6) is 0 Å². The minimum absolute atomic E-state index is 0.0303. The van der Waals surface area contributed by atoms with Crippen molar-refractivity contribution >= 4 is 27.8 Å². The Morgan fingerprint density at radius 2 is 1.88 bits per heavy atom. The van der Waals surface area contributed by atoms with Crippen molar-refractivity contribution in [1.29, 1.82) is 0 Å². The standard InChI is InChI=1S/C11H20BrNO3/c1-11(2,3)16-10(15)6-4-5-7-13-9(14)8-12/h4-8H2,1-3H3,(H,13,14). The fraction of sp³-hybridized carbons (Fsp3) is 0.818. The molecule has 0 aromatic heterocycles. The van der Waals surface area contributed by atoms with E-state index in [0.29, 0.717) is 18.3 Å². The van der Waals surface area contributed by atoms with Gasteiger partial charge in [0.25, 0.3) is 0 Å². The molecule has 0 fully saturated rings. The molecule has 0 bridgehead atoms. The first-order valence-electron chi connectivity index (χ1n) is 5.39. The predicted octanol–water partition coefficient (Wildman–Crippen LogP) is 2.01. The molecule has 4 nitrogen and oxygen atoms in total. The number of esters is 1. The Morgan fingerprint density at radius 3 is 2.38 bits per heavy atom. The Bertz CT molecular complexity index is 236. The monoisotopic (exact) mass is 293 g/mol. The molecule has 94 valence electrons. The van der Waals surface area contributed by atoms with Crippen molar-refractivity contribution in [3.63, 3.8) is 0 Å². The molecule has 16 heavy (non-hydrogen) atoms. The van der Waals surface area contributed by atoms with Crippen LogP contribution in [-0.2, 0) is 14.3 Å². The van der Waals surface area contributed by atoms with E-state index in [1.54, 1.807) is 0 Å². The van der Waals surface area contributed by atoms with Gasteiger partial charge in [-0.25, -0.2) is 0 Å². The van der Waals surface area contributed by atoms with Crippen molar-refractivity contribution < 1.29 is 14.3 Å². The van der Waals surface area contributed by atoms with Crippen molar-refractivity contribution in [3.05, 3.63) is 0 Å². The van der Waals surface area contributed by atoms with E-state index in [1.165, 1.54) is 0 Å². The fourth-order valence-electron chi connectivity index (χ4n) is 1.06. The van der Waals surface area contributed by atoms with Crippen LogP contribution < -0.4 is 5.32 Å². The highest BCUT2D eigenvalue weighted by molar-refractivity contribution is 9.09. The zero-order valence-corrected chi connectivity index (χ0v) is 11.7. The number of amides is 1. The summed E-state index contributed by atoms with van der Waals surface area (Å²) in [6.45, 7) is 6.15. The van der Waals surface area contributed by atoms with Gasteiger partial charge in [-0.3, -0.25) is 9.59 Å². The van der Waals surface area contributed by atoms with E-state index in [-0.39, 0.29) is 11.9 Å². The van der Waals surface area contributed by atoms with Gasteiger partial charge in [0.2, 0.25) is 5.91 Å². The molecule has 0 radical (unpaired) electrons. The lowest BCUT2D eigenvalue weighted by atomic mass is 10.2. The summed E-state index contributed by atoms with van der Waals surface area (Å²) < 4.78 is 5.15. The van der Waals surface area contributed by atoms with Gasteiger partial charge in [-0.2, -0.15) is 0 Å². The van der Waals surface area contributed by atoms with Crippen molar-refractivity contribution in [2.45, 2.75) is 45.6 Å². The molecule has 1 N–H and O–H groups in total. The molecule has 0 aromatic carbocycles. The number of carbonyl (C=O) groups excluding carboxylic acids is 2. The minimum Gasteiger partial charge on any atom is -0.460 e. The van der Waals surface area contributed by atoms with Gasteiger partial charge in [-0.05, 0) is 33.6 Å². The predicted molar refractivity (Wildman–Crippen MR) is 66.5 cm³/mol. The van der Waals surface area contributed by atoms with Gasteiger partial charge < -0.3 is 10.1 Å². The zero-order valence-electron chi connectivity index (χ0n) is 10.1. The molecule has 0 spiro atoms. The van der Waals surface area contributed by atoms with Crippen LogP contribution in [0.3, 0.4) is 0 Å². The van der Waals surface area contributed by atoms with Gasteiger partial charge in [0.05, 0.1) is 5.33 Å². The highest BCUT2D eigenvalue weighted by atomic mass is 79.9. The van der Waals surface area contributed by atoms with Crippen LogP contribution in [-0.4, -0.2) is 29.4 Å². The SMILES string of the molecule is CC(C)(C)OC(=O)CCCCNC(=O)CBr. The van der Waals surface area contributed by atoms with E-state index in [9.17, 15) is 9.59 Å². The zero-order chi connectivity index (χ0) is 12.6. The molecule has 0 aliphatic rings. The second kappa shape index (κ2) is 7.65. The first-order chi connectivity index (χ1) is 7.35. The van der Waals surface area contributed by atoms with E-state index in [2.05, 4.69) is 21.2 Å². The molecule has 0 saturated heterocycles. The van der Waals surface area contributed by atoms with Crippen molar-refractivity contribution in [1.82, 2.24) is 5.32 Å². The Hall–Kier alpha value is -0.580. The summed E-state index contributed by atoms with van der Waals surface area (Å²) >= 11 is 3.05. The third kappa shape index (κ3) is 9.96. The molecule has 0 rings (SSSR count). The third-order valence-corrected chi connectivity index (χ3v) is 2.18.